The van der Waals surface area contributed by atoms with Crippen molar-refractivity contribution in [1.29, 1.82) is 0 Å². The predicted molar refractivity (Wildman–Crippen MR) is 69.3 cm³/mol. The van der Waals surface area contributed by atoms with Crippen LogP contribution in [-0.2, 0) is 0 Å². The van der Waals surface area contributed by atoms with Crippen LogP contribution in [-0.4, -0.2) is 17.4 Å². The van der Waals surface area contributed by atoms with E-state index in [9.17, 15) is 4.79 Å². The second kappa shape index (κ2) is 4.97. The van der Waals surface area contributed by atoms with Gasteiger partial charge < -0.3 is 5.32 Å². The Hall–Kier alpha value is -1.87. The number of amides is 1. The number of rotatable bonds is 3. The van der Waals surface area contributed by atoms with E-state index in [2.05, 4.69) is 16.9 Å². The summed E-state index contributed by atoms with van der Waals surface area (Å²) in [6.45, 7) is 3.98. The molecule has 0 unspecified atom stereocenters. The van der Waals surface area contributed by atoms with E-state index in [1.165, 1.54) is 6.20 Å². The maximum Gasteiger partial charge on any atom is 0.253 e. The molecule has 0 radical (unpaired) electrons. The normalized spacial score (nSPS) is 10.2. The molecule has 1 amide bonds. The molecule has 0 bridgehead atoms. The Bertz CT molecular complexity index is 581. The zero-order chi connectivity index (χ0) is 12.3. The molecule has 1 N–H and O–H groups in total. The second-order valence-corrected chi connectivity index (χ2v) is 3.86. The highest BCUT2D eigenvalue weighted by molar-refractivity contribution is 6.34. The minimum Gasteiger partial charge on any atom is -0.349 e. The number of nitrogens with one attached hydrogen (secondary N) is 1. The van der Waals surface area contributed by atoms with Crippen molar-refractivity contribution >= 4 is 28.3 Å². The first-order valence-electron chi connectivity index (χ1n) is 5.16. The fourth-order valence-corrected chi connectivity index (χ4v) is 1.81. The van der Waals surface area contributed by atoms with Crippen molar-refractivity contribution in [3.05, 3.63) is 53.8 Å². The number of hydrogen-bond acceptors (Lipinski definition) is 2. The summed E-state index contributed by atoms with van der Waals surface area (Å²) >= 11 is 5.98. The van der Waals surface area contributed by atoms with Gasteiger partial charge in [-0.2, -0.15) is 0 Å². The van der Waals surface area contributed by atoms with E-state index in [0.29, 0.717) is 17.3 Å². The molecule has 0 spiro atoms. The molecule has 3 nitrogen and oxygen atoms in total. The molecule has 4 heteroatoms. The van der Waals surface area contributed by atoms with Crippen LogP contribution < -0.4 is 5.32 Å². The zero-order valence-electron chi connectivity index (χ0n) is 9.11. The average Bonchev–Trinajstić information content (AvgIpc) is 2.37. The summed E-state index contributed by atoms with van der Waals surface area (Å²) in [6.07, 6.45) is 3.12. The maximum absolute atomic E-state index is 11.9. The second-order valence-electron chi connectivity index (χ2n) is 3.51. The molecule has 1 heterocycles. The summed E-state index contributed by atoms with van der Waals surface area (Å²) < 4.78 is 0. The van der Waals surface area contributed by atoms with Crippen LogP contribution in [0.25, 0.3) is 10.8 Å². The molecule has 2 rings (SSSR count). The summed E-state index contributed by atoms with van der Waals surface area (Å²) in [5.74, 6) is -0.176. The van der Waals surface area contributed by atoms with Crippen molar-refractivity contribution in [2.24, 2.45) is 0 Å². The Morgan fingerprint density at radius 1 is 1.41 bits per heavy atom. The minimum absolute atomic E-state index is 0.176. The molecule has 0 aliphatic carbocycles. The van der Waals surface area contributed by atoms with Gasteiger partial charge in [-0.05, 0) is 5.39 Å². The van der Waals surface area contributed by atoms with Gasteiger partial charge >= 0.3 is 0 Å². The lowest BCUT2D eigenvalue weighted by molar-refractivity contribution is 0.0959. The van der Waals surface area contributed by atoms with Gasteiger partial charge in [0, 0.05) is 18.1 Å². The van der Waals surface area contributed by atoms with E-state index in [1.54, 1.807) is 6.08 Å². The molecule has 0 aliphatic rings. The number of carbonyl (C=O) groups is 1. The van der Waals surface area contributed by atoms with Crippen molar-refractivity contribution in [2.75, 3.05) is 6.54 Å². The number of benzene rings is 1. The monoisotopic (exact) mass is 246 g/mol. The van der Waals surface area contributed by atoms with Crippen molar-refractivity contribution in [2.45, 2.75) is 0 Å². The fraction of sp³-hybridized carbons (Fsp3) is 0.0769. The maximum atomic E-state index is 11.9. The fourth-order valence-electron chi connectivity index (χ4n) is 1.60. The summed E-state index contributed by atoms with van der Waals surface area (Å²) in [4.78, 5) is 15.9. The third kappa shape index (κ3) is 2.29. The number of halogens is 1. The Morgan fingerprint density at radius 3 is 2.82 bits per heavy atom. The van der Waals surface area contributed by atoms with Gasteiger partial charge in [-0.15, -0.1) is 6.58 Å². The SMILES string of the molecule is C=CCNC(=O)c1cnc(Cl)c2ccccc12. The van der Waals surface area contributed by atoms with Crippen LogP contribution in [0, 0.1) is 0 Å². The Balaban J connectivity index is 2.51. The molecular weight excluding hydrogens is 236 g/mol. The molecule has 0 saturated heterocycles. The number of fused-ring (bicyclic) bond motifs is 1. The Labute approximate surface area is 104 Å². The summed E-state index contributed by atoms with van der Waals surface area (Å²) in [5.41, 5.74) is 0.520. The molecule has 0 saturated carbocycles. The molecule has 86 valence electrons. The van der Waals surface area contributed by atoms with Crippen LogP contribution in [0.4, 0.5) is 0 Å². The quantitative estimate of drug-likeness (QED) is 0.668. The van der Waals surface area contributed by atoms with Gasteiger partial charge in [0.15, 0.2) is 0 Å². The first kappa shape index (κ1) is 11.6. The van der Waals surface area contributed by atoms with Crippen molar-refractivity contribution in [1.82, 2.24) is 10.3 Å². The van der Waals surface area contributed by atoms with E-state index in [4.69, 9.17) is 11.6 Å². The Kier molecular flexibility index (Phi) is 3.40. The van der Waals surface area contributed by atoms with E-state index < -0.39 is 0 Å². The van der Waals surface area contributed by atoms with Gasteiger partial charge in [0.2, 0.25) is 0 Å². The predicted octanol–water partition coefficient (Wildman–Crippen LogP) is 2.80. The van der Waals surface area contributed by atoms with Crippen molar-refractivity contribution in [3.63, 3.8) is 0 Å². The summed E-state index contributed by atoms with van der Waals surface area (Å²) in [5, 5.41) is 4.70. The smallest absolute Gasteiger partial charge is 0.253 e. The molecular formula is C13H11ClN2O. The van der Waals surface area contributed by atoms with Crippen LogP contribution in [0.1, 0.15) is 10.4 Å². The van der Waals surface area contributed by atoms with Crippen LogP contribution in [0.5, 0.6) is 0 Å². The largest absolute Gasteiger partial charge is 0.349 e. The highest BCUT2D eigenvalue weighted by Gasteiger charge is 2.11. The highest BCUT2D eigenvalue weighted by atomic mass is 35.5. The van der Waals surface area contributed by atoms with Crippen LogP contribution in [0.2, 0.25) is 5.15 Å². The molecule has 0 aliphatic heterocycles. The van der Waals surface area contributed by atoms with Crippen LogP contribution in [0.15, 0.2) is 43.1 Å². The van der Waals surface area contributed by atoms with E-state index in [-0.39, 0.29) is 5.91 Å². The van der Waals surface area contributed by atoms with Gasteiger partial charge in [0.05, 0.1) is 5.56 Å². The average molecular weight is 247 g/mol. The molecule has 17 heavy (non-hydrogen) atoms. The van der Waals surface area contributed by atoms with E-state index >= 15 is 0 Å². The first-order valence-corrected chi connectivity index (χ1v) is 5.54. The number of nitrogens with zero attached hydrogens (tertiary/aromatic N) is 1. The lowest BCUT2D eigenvalue weighted by Crippen LogP contribution is -2.23. The van der Waals surface area contributed by atoms with E-state index in [0.717, 1.165) is 10.8 Å². The van der Waals surface area contributed by atoms with Crippen molar-refractivity contribution < 1.29 is 4.79 Å². The number of carbonyl (C=O) groups excluding carboxylic acids is 1. The molecule has 0 atom stereocenters. The van der Waals surface area contributed by atoms with Crippen LogP contribution in [0.3, 0.4) is 0 Å². The molecule has 0 fully saturated rings. The number of pyridine rings is 1. The van der Waals surface area contributed by atoms with Crippen molar-refractivity contribution in [3.8, 4) is 0 Å². The topological polar surface area (TPSA) is 42.0 Å². The third-order valence-corrected chi connectivity index (χ3v) is 2.70. The minimum atomic E-state index is -0.176. The standard InChI is InChI=1S/C13H11ClN2O/c1-2-7-15-13(17)11-8-16-12(14)10-6-4-3-5-9(10)11/h2-6,8H,1,7H2,(H,15,17). The van der Waals surface area contributed by atoms with Gasteiger partial charge in [0.1, 0.15) is 5.15 Å². The van der Waals surface area contributed by atoms with Gasteiger partial charge in [-0.3, -0.25) is 4.79 Å². The number of hydrogen-bond donors (Lipinski definition) is 1. The third-order valence-electron chi connectivity index (χ3n) is 2.40. The molecule has 1 aromatic heterocycles. The lowest BCUT2D eigenvalue weighted by atomic mass is 10.1. The first-order chi connectivity index (χ1) is 8.24. The summed E-state index contributed by atoms with van der Waals surface area (Å²) in [6, 6.07) is 7.42. The Morgan fingerprint density at radius 2 is 2.12 bits per heavy atom. The molecule has 1 aromatic carbocycles. The van der Waals surface area contributed by atoms with E-state index in [1.807, 2.05) is 24.3 Å². The number of aromatic nitrogens is 1. The van der Waals surface area contributed by atoms with Gasteiger partial charge in [0.25, 0.3) is 5.91 Å². The zero-order valence-corrected chi connectivity index (χ0v) is 9.87. The van der Waals surface area contributed by atoms with Gasteiger partial charge in [-0.1, -0.05) is 41.9 Å². The lowest BCUT2D eigenvalue weighted by Gasteiger charge is -2.07. The highest BCUT2D eigenvalue weighted by Crippen LogP contribution is 2.23. The summed E-state index contributed by atoms with van der Waals surface area (Å²) in [7, 11) is 0. The van der Waals surface area contributed by atoms with Crippen LogP contribution >= 0.6 is 11.6 Å². The van der Waals surface area contributed by atoms with Gasteiger partial charge in [-0.25, -0.2) is 4.98 Å². The molecule has 2 aromatic rings.